The fourth-order valence-corrected chi connectivity index (χ4v) is 3.75. The Bertz CT molecular complexity index is 318. The van der Waals surface area contributed by atoms with Gasteiger partial charge in [0, 0.05) is 0 Å². The lowest BCUT2D eigenvalue weighted by Gasteiger charge is -2.53. The molecule has 0 bridgehead atoms. The summed E-state index contributed by atoms with van der Waals surface area (Å²) in [6.07, 6.45) is 7.09. The average molecular weight is 218 g/mol. The third-order valence-electron chi connectivity index (χ3n) is 5.76. The van der Waals surface area contributed by atoms with Gasteiger partial charge in [-0.2, -0.15) is 0 Å². The number of allylic oxidation sites excluding steroid dienone is 4. The molecule has 0 heteroatoms. The quantitative estimate of drug-likeness (QED) is 0.503. The fourth-order valence-electron chi connectivity index (χ4n) is 3.75. The van der Waals surface area contributed by atoms with Crippen LogP contribution in [0.25, 0.3) is 0 Å². The molecular weight excluding hydrogens is 192 g/mol. The van der Waals surface area contributed by atoms with E-state index in [1.807, 2.05) is 0 Å². The lowest BCUT2D eigenvalue weighted by atomic mass is 9.52. The summed E-state index contributed by atoms with van der Waals surface area (Å²) in [4.78, 5) is 0. The summed E-state index contributed by atoms with van der Waals surface area (Å²) in [6, 6.07) is 0. The van der Waals surface area contributed by atoms with E-state index in [0.29, 0.717) is 10.8 Å². The monoisotopic (exact) mass is 218 g/mol. The SMILES string of the molecule is C[C@H]1[C@H](C)C(C)(C)C2=C(CC=CC2)C1(C)C. The van der Waals surface area contributed by atoms with Gasteiger partial charge in [0.15, 0.2) is 0 Å². The van der Waals surface area contributed by atoms with Gasteiger partial charge in [-0.1, -0.05) is 64.8 Å². The predicted molar refractivity (Wildman–Crippen MR) is 71.3 cm³/mol. The topological polar surface area (TPSA) is 0 Å². The minimum atomic E-state index is 0.384. The first-order valence-electron chi connectivity index (χ1n) is 6.67. The molecule has 0 unspecified atom stereocenters. The van der Waals surface area contributed by atoms with Gasteiger partial charge in [0.05, 0.1) is 0 Å². The maximum absolute atomic E-state index is 2.44. The molecule has 0 aromatic rings. The Balaban J connectivity index is 2.56. The third kappa shape index (κ3) is 1.42. The van der Waals surface area contributed by atoms with Crippen LogP contribution in [-0.2, 0) is 0 Å². The Labute approximate surface area is 101 Å². The molecule has 2 aliphatic carbocycles. The van der Waals surface area contributed by atoms with Crippen LogP contribution in [0.2, 0.25) is 0 Å². The largest absolute Gasteiger partial charge is 0.0841 e. The fraction of sp³-hybridized carbons (Fsp3) is 0.750. The van der Waals surface area contributed by atoms with Crippen LogP contribution >= 0.6 is 0 Å². The second-order valence-corrected chi connectivity index (χ2v) is 6.86. The van der Waals surface area contributed by atoms with Crippen molar-refractivity contribution in [3.63, 3.8) is 0 Å². The molecule has 2 aliphatic rings. The van der Waals surface area contributed by atoms with E-state index in [9.17, 15) is 0 Å². The van der Waals surface area contributed by atoms with Crippen LogP contribution in [0.3, 0.4) is 0 Å². The Kier molecular flexibility index (Phi) is 2.60. The smallest absolute Gasteiger partial charge is 0.0110 e. The molecular formula is C16H26. The number of hydrogen-bond acceptors (Lipinski definition) is 0. The third-order valence-corrected chi connectivity index (χ3v) is 5.76. The zero-order chi connectivity index (χ0) is 12.1. The van der Waals surface area contributed by atoms with Gasteiger partial charge in [-0.05, 0) is 35.5 Å². The van der Waals surface area contributed by atoms with Crippen molar-refractivity contribution in [3.05, 3.63) is 23.3 Å². The lowest BCUT2D eigenvalue weighted by molar-refractivity contribution is 0.0874. The zero-order valence-electron chi connectivity index (χ0n) is 11.7. The van der Waals surface area contributed by atoms with Gasteiger partial charge in [-0.25, -0.2) is 0 Å². The molecule has 16 heavy (non-hydrogen) atoms. The summed E-state index contributed by atoms with van der Waals surface area (Å²) in [6.45, 7) is 14.6. The van der Waals surface area contributed by atoms with Crippen LogP contribution in [0.15, 0.2) is 23.3 Å². The highest BCUT2D eigenvalue weighted by Gasteiger charge is 2.47. The molecule has 0 aliphatic heterocycles. The molecule has 0 fully saturated rings. The normalized spacial score (nSPS) is 36.1. The Morgan fingerprint density at radius 2 is 1.12 bits per heavy atom. The summed E-state index contributed by atoms with van der Waals surface area (Å²) >= 11 is 0. The van der Waals surface area contributed by atoms with Gasteiger partial charge in [-0.3, -0.25) is 0 Å². The van der Waals surface area contributed by atoms with E-state index in [0.717, 1.165) is 11.8 Å². The molecule has 0 N–H and O–H groups in total. The molecule has 0 nitrogen and oxygen atoms in total. The van der Waals surface area contributed by atoms with Gasteiger partial charge in [0.2, 0.25) is 0 Å². The van der Waals surface area contributed by atoms with Crippen LogP contribution in [0, 0.1) is 22.7 Å². The molecule has 0 amide bonds. The van der Waals surface area contributed by atoms with Crippen molar-refractivity contribution >= 4 is 0 Å². The van der Waals surface area contributed by atoms with Gasteiger partial charge >= 0.3 is 0 Å². The minimum absolute atomic E-state index is 0.384. The van der Waals surface area contributed by atoms with Crippen LogP contribution in [0.1, 0.15) is 54.4 Å². The first-order valence-corrected chi connectivity index (χ1v) is 6.67. The summed E-state index contributed by atoms with van der Waals surface area (Å²) in [7, 11) is 0. The van der Waals surface area contributed by atoms with Crippen LogP contribution < -0.4 is 0 Å². The van der Waals surface area contributed by atoms with E-state index in [4.69, 9.17) is 0 Å². The van der Waals surface area contributed by atoms with Crippen molar-refractivity contribution in [2.75, 3.05) is 0 Å². The van der Waals surface area contributed by atoms with Crippen molar-refractivity contribution in [3.8, 4) is 0 Å². The van der Waals surface area contributed by atoms with Crippen molar-refractivity contribution in [1.29, 1.82) is 0 Å². The lowest BCUT2D eigenvalue weighted by Crippen LogP contribution is -2.44. The zero-order valence-corrected chi connectivity index (χ0v) is 11.7. The Morgan fingerprint density at radius 3 is 1.44 bits per heavy atom. The molecule has 0 saturated carbocycles. The van der Waals surface area contributed by atoms with Crippen molar-refractivity contribution < 1.29 is 0 Å². The summed E-state index contributed by atoms with van der Waals surface area (Å²) in [5.74, 6) is 1.54. The number of rotatable bonds is 0. The Hall–Kier alpha value is -0.520. The van der Waals surface area contributed by atoms with Crippen molar-refractivity contribution in [2.24, 2.45) is 22.7 Å². The summed E-state index contributed by atoms with van der Waals surface area (Å²) in [5.41, 5.74) is 4.22. The predicted octanol–water partition coefficient (Wildman–Crippen LogP) is 4.97. The first-order chi connectivity index (χ1) is 7.29. The molecule has 0 aromatic heterocycles. The second kappa shape index (κ2) is 3.48. The van der Waals surface area contributed by atoms with Crippen LogP contribution in [0.5, 0.6) is 0 Å². The van der Waals surface area contributed by atoms with E-state index in [2.05, 4.69) is 53.7 Å². The second-order valence-electron chi connectivity index (χ2n) is 6.86. The van der Waals surface area contributed by atoms with Gasteiger partial charge in [-0.15, -0.1) is 0 Å². The van der Waals surface area contributed by atoms with E-state index in [1.165, 1.54) is 12.8 Å². The number of hydrogen-bond donors (Lipinski definition) is 0. The molecule has 0 aromatic carbocycles. The van der Waals surface area contributed by atoms with Crippen molar-refractivity contribution in [2.45, 2.75) is 54.4 Å². The highest BCUT2D eigenvalue weighted by Crippen LogP contribution is 2.57. The highest BCUT2D eigenvalue weighted by atomic mass is 14.5. The molecule has 0 radical (unpaired) electrons. The standard InChI is InChI=1S/C16H26/c1-11-12(2)16(5,6)14-10-8-7-9-13(14)15(11,3)4/h7-8,11-12H,9-10H2,1-6H3/t11-,12-/m0/s1. The highest BCUT2D eigenvalue weighted by molar-refractivity contribution is 5.37. The first kappa shape index (κ1) is 12.0. The van der Waals surface area contributed by atoms with E-state index >= 15 is 0 Å². The molecule has 0 saturated heterocycles. The maximum atomic E-state index is 2.44. The molecule has 2 rings (SSSR count). The van der Waals surface area contributed by atoms with E-state index in [1.54, 1.807) is 11.1 Å². The van der Waals surface area contributed by atoms with E-state index in [-0.39, 0.29) is 0 Å². The minimum Gasteiger partial charge on any atom is -0.0841 e. The summed E-state index contributed by atoms with van der Waals surface area (Å²) < 4.78 is 0. The molecule has 0 spiro atoms. The average Bonchev–Trinajstić information content (AvgIpc) is 2.25. The van der Waals surface area contributed by atoms with Crippen LogP contribution in [0.4, 0.5) is 0 Å². The molecule has 0 heterocycles. The molecule has 90 valence electrons. The molecule has 2 atom stereocenters. The van der Waals surface area contributed by atoms with Gasteiger partial charge in [0.25, 0.3) is 0 Å². The van der Waals surface area contributed by atoms with Crippen molar-refractivity contribution in [1.82, 2.24) is 0 Å². The summed E-state index contributed by atoms with van der Waals surface area (Å²) in [5, 5.41) is 0. The van der Waals surface area contributed by atoms with Crippen LogP contribution in [-0.4, -0.2) is 0 Å². The van der Waals surface area contributed by atoms with Gasteiger partial charge < -0.3 is 0 Å². The van der Waals surface area contributed by atoms with E-state index < -0.39 is 0 Å². The maximum Gasteiger partial charge on any atom is -0.0110 e. The van der Waals surface area contributed by atoms with Gasteiger partial charge in [0.1, 0.15) is 0 Å². The Morgan fingerprint density at radius 1 is 0.812 bits per heavy atom.